The van der Waals surface area contributed by atoms with Crippen LogP contribution >= 0.6 is 0 Å². The van der Waals surface area contributed by atoms with Crippen molar-refractivity contribution in [1.82, 2.24) is 14.8 Å². The maximum absolute atomic E-state index is 14.1. The van der Waals surface area contributed by atoms with Crippen LogP contribution in [0.25, 0.3) is 10.9 Å². The predicted molar refractivity (Wildman–Crippen MR) is 146 cm³/mol. The molecule has 2 aliphatic heterocycles. The lowest BCUT2D eigenvalue weighted by Gasteiger charge is -2.51. The average molecular weight is 520 g/mol. The number of rotatable bonds is 9. The number of hydrogen-bond acceptors (Lipinski definition) is 5. The van der Waals surface area contributed by atoms with Crippen LogP contribution in [0.5, 0.6) is 11.5 Å². The molecule has 2 amide bonds. The third-order valence-corrected chi connectivity index (χ3v) is 7.73. The van der Waals surface area contributed by atoms with Crippen molar-refractivity contribution in [3.63, 3.8) is 0 Å². The van der Waals surface area contributed by atoms with Gasteiger partial charge in [0, 0.05) is 42.1 Å². The highest BCUT2D eigenvalue weighted by molar-refractivity contribution is 6.01. The van der Waals surface area contributed by atoms with Gasteiger partial charge in [0.1, 0.15) is 0 Å². The molecule has 1 saturated heterocycles. The van der Waals surface area contributed by atoms with Crippen molar-refractivity contribution in [2.24, 2.45) is 0 Å². The molecule has 3 heterocycles. The molecule has 1 aromatic heterocycles. The van der Waals surface area contributed by atoms with E-state index in [2.05, 4.69) is 11.1 Å². The largest absolute Gasteiger partial charge is 0.493 e. The van der Waals surface area contributed by atoms with Gasteiger partial charge in [0.25, 0.3) is 5.91 Å². The fourth-order valence-electron chi connectivity index (χ4n) is 5.98. The first kappa shape index (κ1) is 26.1. The van der Waals surface area contributed by atoms with Crippen LogP contribution < -0.4 is 9.47 Å². The van der Waals surface area contributed by atoms with E-state index in [1.807, 2.05) is 64.1 Å². The molecule has 0 saturated carbocycles. The number of para-hydroxylation sites is 2. The van der Waals surface area contributed by atoms with Gasteiger partial charge < -0.3 is 29.0 Å². The van der Waals surface area contributed by atoms with Crippen molar-refractivity contribution < 1.29 is 23.8 Å². The van der Waals surface area contributed by atoms with E-state index in [9.17, 15) is 9.59 Å². The summed E-state index contributed by atoms with van der Waals surface area (Å²) >= 11 is 0. The number of carbonyl (C=O) groups excluding carboxylic acids is 2. The molecule has 3 aromatic rings. The van der Waals surface area contributed by atoms with Crippen LogP contribution in [0, 0.1) is 0 Å². The first-order valence-corrected chi connectivity index (χ1v) is 13.4. The van der Waals surface area contributed by atoms with E-state index in [-0.39, 0.29) is 30.4 Å². The molecule has 0 radical (unpaired) electrons. The molecule has 202 valence electrons. The molecule has 2 atom stereocenters. The van der Waals surface area contributed by atoms with Gasteiger partial charge in [-0.1, -0.05) is 30.3 Å². The summed E-state index contributed by atoms with van der Waals surface area (Å²) in [5.41, 5.74) is 2.53. The number of benzene rings is 2. The lowest BCUT2D eigenvalue weighted by molar-refractivity contribution is -0.166. The van der Waals surface area contributed by atoms with Gasteiger partial charge >= 0.3 is 0 Å². The number of piperazine rings is 1. The minimum absolute atomic E-state index is 0.0629. The standard InChI is InChI=1S/C30H37N3O5/c1-6-37-27-20(12-9-14-24(27)36-5)22-17-33-25(34)18-32(15-10-16-38-19(2)3)29(35)30(33,4)28-26(22)21-11-7-8-13-23(21)31-28/h7-9,11-14,19,22,31H,6,10,15-18H2,1-5H3/t22-,30-/m0/s1. The Labute approximate surface area is 223 Å². The van der Waals surface area contributed by atoms with Crippen molar-refractivity contribution in [1.29, 1.82) is 0 Å². The third-order valence-electron chi connectivity index (χ3n) is 7.73. The number of amides is 2. The number of fused-ring (bicyclic) bond motifs is 5. The van der Waals surface area contributed by atoms with Crippen LogP contribution in [0.2, 0.25) is 0 Å². The topological polar surface area (TPSA) is 84.1 Å². The van der Waals surface area contributed by atoms with E-state index in [1.165, 1.54) is 0 Å². The fourth-order valence-corrected chi connectivity index (χ4v) is 5.98. The van der Waals surface area contributed by atoms with E-state index >= 15 is 0 Å². The quantitative estimate of drug-likeness (QED) is 0.423. The first-order valence-electron chi connectivity index (χ1n) is 13.4. The number of methoxy groups -OCH3 is 1. The van der Waals surface area contributed by atoms with Gasteiger partial charge in [-0.2, -0.15) is 0 Å². The number of hydrogen-bond donors (Lipinski definition) is 1. The zero-order chi connectivity index (χ0) is 27.0. The van der Waals surface area contributed by atoms with Gasteiger partial charge in [0.2, 0.25) is 5.91 Å². The third kappa shape index (κ3) is 4.21. The van der Waals surface area contributed by atoms with Crippen LogP contribution in [0.15, 0.2) is 42.5 Å². The number of nitrogens with one attached hydrogen (secondary N) is 1. The number of nitrogens with zero attached hydrogens (tertiary/aromatic N) is 2. The summed E-state index contributed by atoms with van der Waals surface area (Å²) in [6.07, 6.45) is 0.806. The summed E-state index contributed by atoms with van der Waals surface area (Å²) in [7, 11) is 1.63. The van der Waals surface area contributed by atoms with Gasteiger partial charge in [-0.05, 0) is 51.8 Å². The van der Waals surface area contributed by atoms with Crippen LogP contribution in [0.4, 0.5) is 0 Å². The van der Waals surface area contributed by atoms with E-state index in [0.717, 1.165) is 27.7 Å². The summed E-state index contributed by atoms with van der Waals surface area (Å²) in [5.74, 6) is 0.990. The second-order valence-electron chi connectivity index (χ2n) is 10.4. The van der Waals surface area contributed by atoms with Gasteiger partial charge in [0.15, 0.2) is 17.0 Å². The molecule has 2 aromatic carbocycles. The molecule has 1 N–H and O–H groups in total. The molecule has 2 aliphatic rings. The summed E-state index contributed by atoms with van der Waals surface area (Å²) in [6, 6.07) is 13.9. The smallest absolute Gasteiger partial charge is 0.254 e. The Hall–Kier alpha value is -3.52. The van der Waals surface area contributed by atoms with Crippen LogP contribution in [-0.4, -0.2) is 72.7 Å². The molecule has 1 fully saturated rings. The highest BCUT2D eigenvalue weighted by atomic mass is 16.5. The molecular formula is C30H37N3O5. The Morgan fingerprint density at radius 3 is 2.66 bits per heavy atom. The number of aromatic nitrogens is 1. The number of ether oxygens (including phenoxy) is 3. The van der Waals surface area contributed by atoms with Gasteiger partial charge in [-0.3, -0.25) is 9.59 Å². The molecule has 5 rings (SSSR count). The Balaban J connectivity index is 1.63. The van der Waals surface area contributed by atoms with E-state index < -0.39 is 5.54 Å². The van der Waals surface area contributed by atoms with Gasteiger partial charge in [-0.25, -0.2) is 0 Å². The minimum atomic E-state index is -1.14. The van der Waals surface area contributed by atoms with Crippen molar-refractivity contribution in [3.05, 3.63) is 59.3 Å². The van der Waals surface area contributed by atoms with Crippen LogP contribution in [0.1, 0.15) is 56.9 Å². The second-order valence-corrected chi connectivity index (χ2v) is 10.4. The lowest BCUT2D eigenvalue weighted by atomic mass is 9.76. The maximum atomic E-state index is 14.1. The predicted octanol–water partition coefficient (Wildman–Crippen LogP) is 4.42. The average Bonchev–Trinajstić information content (AvgIpc) is 3.30. The van der Waals surface area contributed by atoms with Crippen molar-refractivity contribution in [2.75, 3.05) is 40.0 Å². The summed E-state index contributed by atoms with van der Waals surface area (Å²) in [6.45, 7) is 9.74. The highest BCUT2D eigenvalue weighted by Gasteiger charge is 2.56. The minimum Gasteiger partial charge on any atom is -0.493 e. The summed E-state index contributed by atoms with van der Waals surface area (Å²) < 4.78 is 17.4. The van der Waals surface area contributed by atoms with Crippen molar-refractivity contribution in [2.45, 2.75) is 51.7 Å². The Bertz CT molecular complexity index is 1350. The molecule has 0 aliphatic carbocycles. The zero-order valence-electron chi connectivity index (χ0n) is 22.9. The van der Waals surface area contributed by atoms with Crippen LogP contribution in [-0.2, 0) is 19.9 Å². The van der Waals surface area contributed by atoms with E-state index in [4.69, 9.17) is 14.2 Å². The molecule has 0 spiro atoms. The molecule has 0 bridgehead atoms. The summed E-state index contributed by atoms with van der Waals surface area (Å²) in [5, 5.41) is 1.04. The Morgan fingerprint density at radius 1 is 1.13 bits per heavy atom. The monoisotopic (exact) mass is 519 g/mol. The van der Waals surface area contributed by atoms with E-state index in [1.54, 1.807) is 16.9 Å². The molecule has 38 heavy (non-hydrogen) atoms. The van der Waals surface area contributed by atoms with Crippen molar-refractivity contribution >= 4 is 22.7 Å². The van der Waals surface area contributed by atoms with E-state index in [0.29, 0.717) is 44.2 Å². The Morgan fingerprint density at radius 2 is 1.92 bits per heavy atom. The number of H-pyrrole nitrogens is 1. The molecule has 0 unspecified atom stereocenters. The summed E-state index contributed by atoms with van der Waals surface area (Å²) in [4.78, 5) is 34.8. The lowest BCUT2D eigenvalue weighted by Crippen LogP contribution is -2.67. The molecular weight excluding hydrogens is 482 g/mol. The van der Waals surface area contributed by atoms with Crippen LogP contribution in [0.3, 0.4) is 0 Å². The number of carbonyl (C=O) groups is 2. The normalized spacial score (nSPS) is 21.2. The Kier molecular flexibility index (Phi) is 7.09. The zero-order valence-corrected chi connectivity index (χ0v) is 22.9. The van der Waals surface area contributed by atoms with Gasteiger partial charge in [0.05, 0.1) is 32.1 Å². The number of aromatic amines is 1. The van der Waals surface area contributed by atoms with Gasteiger partial charge in [-0.15, -0.1) is 0 Å². The second kappa shape index (κ2) is 10.3. The molecule has 8 nitrogen and oxygen atoms in total. The highest BCUT2D eigenvalue weighted by Crippen LogP contribution is 2.50. The SMILES string of the molecule is CCOc1c(OC)cccc1[C@@H]1CN2C(=O)CN(CCCOC(C)C)C(=O)[C@]2(C)c2[nH]c3ccccc3c21. The first-order chi connectivity index (χ1) is 18.3. The molecule has 8 heteroatoms. The van der Waals surface area contributed by atoms with Crippen molar-refractivity contribution in [3.8, 4) is 11.5 Å². The fraction of sp³-hybridized carbons (Fsp3) is 0.467. The maximum Gasteiger partial charge on any atom is 0.254 e.